The number of halogens is 1. The van der Waals surface area contributed by atoms with Gasteiger partial charge in [0.25, 0.3) is 5.56 Å². The molecule has 0 aliphatic heterocycles. The van der Waals surface area contributed by atoms with E-state index in [1.54, 1.807) is 22.8 Å². The Morgan fingerprint density at radius 3 is 2.59 bits per heavy atom. The molecule has 1 atom stereocenters. The van der Waals surface area contributed by atoms with Gasteiger partial charge in [-0.1, -0.05) is 67.5 Å². The van der Waals surface area contributed by atoms with E-state index in [1.165, 1.54) is 11.8 Å². The lowest BCUT2D eigenvalue weighted by Crippen LogP contribution is -2.29. The van der Waals surface area contributed by atoms with E-state index >= 15 is 0 Å². The highest BCUT2D eigenvalue weighted by molar-refractivity contribution is 7.99. The Morgan fingerprint density at radius 1 is 1.17 bits per heavy atom. The van der Waals surface area contributed by atoms with Gasteiger partial charge in [0.15, 0.2) is 5.16 Å². The number of hydrogen-bond donors (Lipinski definition) is 1. The first-order valence-electron chi connectivity index (χ1n) is 9.52. The molecule has 0 bridgehead atoms. The van der Waals surface area contributed by atoms with Crippen LogP contribution in [0.15, 0.2) is 58.5 Å². The van der Waals surface area contributed by atoms with Crippen LogP contribution in [-0.4, -0.2) is 21.2 Å². The number of nitrogens with zero attached hydrogens (tertiary/aromatic N) is 2. The minimum atomic E-state index is -0.110. The van der Waals surface area contributed by atoms with E-state index in [-0.39, 0.29) is 29.2 Å². The van der Waals surface area contributed by atoms with Crippen molar-refractivity contribution in [2.75, 3.05) is 5.75 Å². The van der Waals surface area contributed by atoms with Crippen LogP contribution in [0.3, 0.4) is 0 Å². The molecule has 1 amide bonds. The molecule has 3 aromatic rings. The smallest absolute Gasteiger partial charge is 0.262 e. The van der Waals surface area contributed by atoms with E-state index in [0.29, 0.717) is 27.6 Å². The molecule has 3 rings (SSSR count). The van der Waals surface area contributed by atoms with Crippen LogP contribution >= 0.6 is 23.4 Å². The molecule has 1 aromatic heterocycles. The summed E-state index contributed by atoms with van der Waals surface area (Å²) in [6.45, 7) is 6.57. The molecule has 0 radical (unpaired) electrons. The Labute approximate surface area is 179 Å². The van der Waals surface area contributed by atoms with Gasteiger partial charge < -0.3 is 5.32 Å². The average molecular weight is 430 g/mol. The van der Waals surface area contributed by atoms with Crippen molar-refractivity contribution >= 4 is 40.2 Å². The van der Waals surface area contributed by atoms with Gasteiger partial charge in [0.05, 0.1) is 22.7 Å². The summed E-state index contributed by atoms with van der Waals surface area (Å²) in [6.07, 6.45) is 0. The first kappa shape index (κ1) is 21.4. The number of benzene rings is 2. The number of thioether (sulfide) groups is 1. The van der Waals surface area contributed by atoms with Crippen molar-refractivity contribution in [3.63, 3.8) is 0 Å². The topological polar surface area (TPSA) is 64.0 Å². The van der Waals surface area contributed by atoms with Crippen LogP contribution in [0, 0.1) is 5.92 Å². The van der Waals surface area contributed by atoms with Gasteiger partial charge in [-0.3, -0.25) is 14.2 Å². The molecule has 7 heteroatoms. The Balaban J connectivity index is 1.81. The Kier molecular flexibility index (Phi) is 6.98. The minimum absolute atomic E-state index is 0.0921. The Morgan fingerprint density at radius 2 is 1.90 bits per heavy atom. The lowest BCUT2D eigenvalue weighted by atomic mass is 10.1. The first-order chi connectivity index (χ1) is 13.8. The lowest BCUT2D eigenvalue weighted by molar-refractivity contribution is -0.119. The van der Waals surface area contributed by atoms with E-state index < -0.39 is 0 Å². The summed E-state index contributed by atoms with van der Waals surface area (Å²) in [4.78, 5) is 30.1. The predicted octanol–water partition coefficient (Wildman–Crippen LogP) is 4.68. The number of nitrogens with one attached hydrogen (secondary N) is 1. The number of hydrogen-bond acceptors (Lipinski definition) is 4. The fourth-order valence-electron chi connectivity index (χ4n) is 3.05. The van der Waals surface area contributed by atoms with E-state index in [4.69, 9.17) is 11.6 Å². The number of fused-ring (bicyclic) bond motifs is 1. The summed E-state index contributed by atoms with van der Waals surface area (Å²) in [5.74, 6) is 0.335. The maximum Gasteiger partial charge on any atom is 0.262 e. The zero-order chi connectivity index (χ0) is 21.0. The van der Waals surface area contributed by atoms with Crippen LogP contribution in [0.2, 0.25) is 5.02 Å². The molecule has 0 aliphatic carbocycles. The summed E-state index contributed by atoms with van der Waals surface area (Å²) >= 11 is 7.34. The Hall–Kier alpha value is -2.31. The molecule has 0 saturated heterocycles. The number of aromatic nitrogens is 2. The van der Waals surface area contributed by atoms with E-state index in [2.05, 4.69) is 10.3 Å². The summed E-state index contributed by atoms with van der Waals surface area (Å²) < 4.78 is 1.65. The molecule has 0 spiro atoms. The van der Waals surface area contributed by atoms with Crippen molar-refractivity contribution in [1.82, 2.24) is 14.9 Å². The van der Waals surface area contributed by atoms with Crippen LogP contribution in [0.4, 0.5) is 0 Å². The molecule has 0 fully saturated rings. The number of rotatable bonds is 7. The van der Waals surface area contributed by atoms with Crippen molar-refractivity contribution in [1.29, 1.82) is 0 Å². The second kappa shape index (κ2) is 9.46. The number of carbonyl (C=O) groups excluding carboxylic acids is 1. The molecule has 0 saturated carbocycles. The van der Waals surface area contributed by atoms with Gasteiger partial charge in [-0.15, -0.1) is 0 Å². The number of amides is 1. The van der Waals surface area contributed by atoms with Crippen molar-refractivity contribution in [3.05, 3.63) is 69.5 Å². The lowest BCUT2D eigenvalue weighted by Gasteiger charge is -2.16. The zero-order valence-electron chi connectivity index (χ0n) is 16.7. The highest BCUT2D eigenvalue weighted by Gasteiger charge is 2.16. The van der Waals surface area contributed by atoms with Gasteiger partial charge in [0.2, 0.25) is 5.91 Å². The third-order valence-electron chi connectivity index (χ3n) is 4.44. The Bertz CT molecular complexity index is 1070. The molecule has 2 aromatic carbocycles. The highest BCUT2D eigenvalue weighted by atomic mass is 35.5. The third-order valence-corrected chi connectivity index (χ3v) is 5.65. The van der Waals surface area contributed by atoms with Gasteiger partial charge in [0, 0.05) is 11.6 Å². The summed E-state index contributed by atoms with van der Waals surface area (Å²) in [6, 6.07) is 14.8. The van der Waals surface area contributed by atoms with Crippen LogP contribution in [0.1, 0.15) is 32.4 Å². The van der Waals surface area contributed by atoms with Crippen molar-refractivity contribution < 1.29 is 4.79 Å². The zero-order valence-corrected chi connectivity index (χ0v) is 18.3. The van der Waals surface area contributed by atoms with Crippen molar-refractivity contribution in [3.8, 4) is 0 Å². The van der Waals surface area contributed by atoms with E-state index in [1.807, 2.05) is 51.1 Å². The molecule has 1 unspecified atom stereocenters. The molecular weight excluding hydrogens is 406 g/mol. The average Bonchev–Trinajstić information content (AvgIpc) is 2.69. The molecular formula is C22H24ClN3O2S. The standard InChI is InChI=1S/C22H24ClN3O2S/c1-14(2)12-26-21(28)18-10-9-17(23)11-19(18)25-22(26)29-13-20(27)24-15(3)16-7-5-4-6-8-16/h4-11,14-15H,12-13H2,1-3H3,(H,24,27). The highest BCUT2D eigenvalue weighted by Crippen LogP contribution is 2.21. The van der Waals surface area contributed by atoms with Gasteiger partial charge >= 0.3 is 0 Å². The van der Waals surface area contributed by atoms with Crippen LogP contribution in [0.5, 0.6) is 0 Å². The van der Waals surface area contributed by atoms with E-state index in [0.717, 1.165) is 5.56 Å². The molecule has 29 heavy (non-hydrogen) atoms. The van der Waals surface area contributed by atoms with Crippen LogP contribution < -0.4 is 10.9 Å². The molecule has 5 nitrogen and oxygen atoms in total. The summed E-state index contributed by atoms with van der Waals surface area (Å²) in [7, 11) is 0. The van der Waals surface area contributed by atoms with Crippen molar-refractivity contribution in [2.24, 2.45) is 5.92 Å². The molecule has 1 heterocycles. The molecule has 0 aliphatic rings. The normalized spacial score (nSPS) is 12.3. The molecule has 152 valence electrons. The largest absolute Gasteiger partial charge is 0.349 e. The second-order valence-electron chi connectivity index (χ2n) is 7.35. The summed E-state index contributed by atoms with van der Waals surface area (Å²) in [5.41, 5.74) is 1.48. The SMILES string of the molecule is CC(C)Cn1c(SCC(=O)NC(C)c2ccccc2)nc2cc(Cl)ccc2c1=O. The fourth-order valence-corrected chi connectivity index (χ4v) is 4.03. The maximum atomic E-state index is 13.0. The van der Waals surface area contributed by atoms with Gasteiger partial charge in [-0.25, -0.2) is 4.98 Å². The summed E-state index contributed by atoms with van der Waals surface area (Å²) in [5, 5.41) is 4.57. The van der Waals surface area contributed by atoms with Crippen molar-refractivity contribution in [2.45, 2.75) is 38.5 Å². The van der Waals surface area contributed by atoms with E-state index in [9.17, 15) is 9.59 Å². The predicted molar refractivity (Wildman–Crippen MR) is 120 cm³/mol. The minimum Gasteiger partial charge on any atom is -0.349 e. The number of carbonyl (C=O) groups is 1. The van der Waals surface area contributed by atoms with Crippen LogP contribution in [-0.2, 0) is 11.3 Å². The van der Waals surface area contributed by atoms with Gasteiger partial charge in [-0.05, 0) is 36.6 Å². The quantitative estimate of drug-likeness (QED) is 0.437. The van der Waals surface area contributed by atoms with Gasteiger partial charge in [0.1, 0.15) is 0 Å². The second-order valence-corrected chi connectivity index (χ2v) is 8.73. The molecule has 1 N–H and O–H groups in total. The van der Waals surface area contributed by atoms with Crippen LogP contribution in [0.25, 0.3) is 10.9 Å². The monoisotopic (exact) mass is 429 g/mol. The van der Waals surface area contributed by atoms with Gasteiger partial charge in [-0.2, -0.15) is 0 Å². The maximum absolute atomic E-state index is 13.0. The fraction of sp³-hybridized carbons (Fsp3) is 0.318. The third kappa shape index (κ3) is 5.40. The first-order valence-corrected chi connectivity index (χ1v) is 10.9.